The molecule has 90 valence electrons. The van der Waals surface area contributed by atoms with Crippen LogP contribution in [0.4, 0.5) is 0 Å². The highest BCUT2D eigenvalue weighted by Gasteiger charge is 2.18. The number of nitrogens with zero attached hydrogens (tertiary/aromatic N) is 1. The Kier molecular flexibility index (Phi) is 7.03. The van der Waals surface area contributed by atoms with Gasteiger partial charge in [-0.2, -0.15) is 0 Å². The number of rotatable bonds is 8. The Bertz CT molecular complexity index is 143. The monoisotopic (exact) mass is 213 g/mol. The maximum atomic E-state index is 9.88. The van der Waals surface area contributed by atoms with E-state index in [2.05, 4.69) is 11.8 Å². The zero-order chi connectivity index (χ0) is 10.9. The third kappa shape index (κ3) is 5.53. The van der Waals surface area contributed by atoms with Crippen LogP contribution in [0.25, 0.3) is 0 Å². The van der Waals surface area contributed by atoms with Crippen LogP contribution in [0, 0.1) is 0 Å². The summed E-state index contributed by atoms with van der Waals surface area (Å²) in [4.78, 5) is 2.23. The van der Waals surface area contributed by atoms with E-state index in [-0.39, 0.29) is 6.23 Å². The normalized spacial score (nSPS) is 19.6. The highest BCUT2D eigenvalue weighted by Crippen LogP contribution is 2.15. The minimum absolute atomic E-state index is 0.154. The first kappa shape index (κ1) is 13.0. The van der Waals surface area contributed by atoms with Crippen molar-refractivity contribution in [1.82, 2.24) is 4.90 Å². The van der Waals surface area contributed by atoms with Gasteiger partial charge in [0.2, 0.25) is 0 Å². The van der Waals surface area contributed by atoms with Crippen molar-refractivity contribution in [3.8, 4) is 0 Å². The van der Waals surface area contributed by atoms with Crippen LogP contribution >= 0.6 is 0 Å². The van der Waals surface area contributed by atoms with Crippen LogP contribution in [-0.2, 0) is 0 Å². The Balaban J connectivity index is 1.90. The summed E-state index contributed by atoms with van der Waals surface area (Å²) in [7, 11) is 0. The summed E-state index contributed by atoms with van der Waals surface area (Å²) in [6, 6.07) is 0. The Labute approximate surface area is 94.7 Å². The van der Waals surface area contributed by atoms with Crippen LogP contribution in [-0.4, -0.2) is 29.3 Å². The first-order valence-electron chi connectivity index (χ1n) is 6.76. The highest BCUT2D eigenvalue weighted by atomic mass is 16.3. The van der Waals surface area contributed by atoms with Gasteiger partial charge in [0.1, 0.15) is 6.23 Å². The third-order valence-corrected chi connectivity index (χ3v) is 3.38. The molecule has 1 aliphatic heterocycles. The molecule has 0 saturated carbocycles. The molecule has 0 aromatic heterocycles. The van der Waals surface area contributed by atoms with Gasteiger partial charge in [0.05, 0.1) is 0 Å². The second-order valence-corrected chi connectivity index (χ2v) is 4.78. The lowest BCUT2D eigenvalue weighted by Crippen LogP contribution is -2.32. The molecule has 0 spiro atoms. The molecular formula is C13H27NO. The standard InChI is InChI=1S/C13H27NO/c1-2-3-4-5-6-7-10-13(15)14-11-8-9-12-14/h13,15H,2-12H2,1H3. The molecule has 2 nitrogen and oxygen atoms in total. The van der Waals surface area contributed by atoms with E-state index in [1.165, 1.54) is 51.4 Å². The Morgan fingerprint density at radius 1 is 1.00 bits per heavy atom. The number of aliphatic hydroxyl groups excluding tert-OH is 1. The van der Waals surface area contributed by atoms with E-state index in [0.29, 0.717) is 0 Å². The fraction of sp³-hybridized carbons (Fsp3) is 1.00. The molecule has 1 fully saturated rings. The van der Waals surface area contributed by atoms with E-state index >= 15 is 0 Å². The van der Waals surface area contributed by atoms with E-state index in [0.717, 1.165) is 19.5 Å². The molecule has 1 aliphatic rings. The van der Waals surface area contributed by atoms with Gasteiger partial charge in [-0.15, -0.1) is 0 Å². The van der Waals surface area contributed by atoms with Crippen molar-refractivity contribution in [1.29, 1.82) is 0 Å². The second-order valence-electron chi connectivity index (χ2n) is 4.78. The molecule has 2 heteroatoms. The molecule has 1 atom stereocenters. The van der Waals surface area contributed by atoms with E-state index in [9.17, 15) is 5.11 Å². The van der Waals surface area contributed by atoms with E-state index in [1.807, 2.05) is 0 Å². The lowest BCUT2D eigenvalue weighted by Gasteiger charge is -2.22. The quantitative estimate of drug-likeness (QED) is 0.626. The predicted octanol–water partition coefficient (Wildman–Crippen LogP) is 3.15. The molecule has 15 heavy (non-hydrogen) atoms. The van der Waals surface area contributed by atoms with Crippen LogP contribution in [0.2, 0.25) is 0 Å². The fourth-order valence-corrected chi connectivity index (χ4v) is 2.33. The van der Waals surface area contributed by atoms with Gasteiger partial charge in [-0.1, -0.05) is 39.0 Å². The van der Waals surface area contributed by atoms with Crippen molar-refractivity contribution in [2.45, 2.75) is 70.9 Å². The molecule has 0 aromatic carbocycles. The Hall–Kier alpha value is -0.0800. The highest BCUT2D eigenvalue weighted by molar-refractivity contribution is 4.68. The number of unbranched alkanes of at least 4 members (excludes halogenated alkanes) is 5. The van der Waals surface area contributed by atoms with Crippen molar-refractivity contribution in [3.05, 3.63) is 0 Å². The first-order chi connectivity index (χ1) is 7.34. The fourth-order valence-electron chi connectivity index (χ4n) is 2.33. The van der Waals surface area contributed by atoms with Gasteiger partial charge in [-0.25, -0.2) is 0 Å². The van der Waals surface area contributed by atoms with Gasteiger partial charge in [-0.3, -0.25) is 4.90 Å². The topological polar surface area (TPSA) is 23.5 Å². The third-order valence-electron chi connectivity index (χ3n) is 3.38. The van der Waals surface area contributed by atoms with Gasteiger partial charge in [-0.05, 0) is 25.7 Å². The SMILES string of the molecule is CCCCCCCCC(O)N1CCCC1. The summed E-state index contributed by atoms with van der Waals surface area (Å²) >= 11 is 0. The zero-order valence-corrected chi connectivity index (χ0v) is 10.2. The minimum atomic E-state index is -0.154. The molecule has 1 unspecified atom stereocenters. The minimum Gasteiger partial charge on any atom is -0.378 e. The molecule has 1 heterocycles. The molecule has 0 radical (unpaired) electrons. The van der Waals surface area contributed by atoms with Gasteiger partial charge < -0.3 is 5.11 Å². The molecule has 1 rings (SSSR count). The van der Waals surface area contributed by atoms with Gasteiger partial charge in [0.15, 0.2) is 0 Å². The van der Waals surface area contributed by atoms with Crippen LogP contribution in [0.1, 0.15) is 64.7 Å². The predicted molar refractivity (Wildman–Crippen MR) is 64.8 cm³/mol. The van der Waals surface area contributed by atoms with Gasteiger partial charge in [0.25, 0.3) is 0 Å². The van der Waals surface area contributed by atoms with Crippen LogP contribution in [0.3, 0.4) is 0 Å². The zero-order valence-electron chi connectivity index (χ0n) is 10.2. The van der Waals surface area contributed by atoms with Crippen molar-refractivity contribution >= 4 is 0 Å². The smallest absolute Gasteiger partial charge is 0.107 e. The maximum Gasteiger partial charge on any atom is 0.107 e. The summed E-state index contributed by atoms with van der Waals surface area (Å²) in [6.45, 7) is 4.46. The van der Waals surface area contributed by atoms with Gasteiger partial charge >= 0.3 is 0 Å². The molecule has 1 N–H and O–H groups in total. The summed E-state index contributed by atoms with van der Waals surface area (Å²) in [6.07, 6.45) is 11.3. The molecule has 0 aliphatic carbocycles. The summed E-state index contributed by atoms with van der Waals surface area (Å²) in [5.74, 6) is 0. The summed E-state index contributed by atoms with van der Waals surface area (Å²) < 4.78 is 0. The maximum absolute atomic E-state index is 9.88. The van der Waals surface area contributed by atoms with Crippen molar-refractivity contribution in [2.24, 2.45) is 0 Å². The molecule has 0 bridgehead atoms. The molecule has 1 saturated heterocycles. The molecular weight excluding hydrogens is 186 g/mol. The van der Waals surface area contributed by atoms with Crippen LogP contribution in [0.5, 0.6) is 0 Å². The van der Waals surface area contributed by atoms with E-state index in [4.69, 9.17) is 0 Å². The second kappa shape index (κ2) is 8.12. The largest absolute Gasteiger partial charge is 0.378 e. The molecule has 0 amide bonds. The van der Waals surface area contributed by atoms with E-state index in [1.54, 1.807) is 0 Å². The summed E-state index contributed by atoms with van der Waals surface area (Å²) in [5, 5.41) is 9.88. The lowest BCUT2D eigenvalue weighted by atomic mass is 10.1. The first-order valence-corrected chi connectivity index (χ1v) is 6.76. The van der Waals surface area contributed by atoms with Crippen molar-refractivity contribution in [2.75, 3.05) is 13.1 Å². The average molecular weight is 213 g/mol. The van der Waals surface area contributed by atoms with Crippen molar-refractivity contribution < 1.29 is 5.11 Å². The number of aliphatic hydroxyl groups is 1. The van der Waals surface area contributed by atoms with Crippen molar-refractivity contribution in [3.63, 3.8) is 0 Å². The summed E-state index contributed by atoms with van der Waals surface area (Å²) in [5.41, 5.74) is 0. The van der Waals surface area contributed by atoms with E-state index < -0.39 is 0 Å². The molecule has 0 aromatic rings. The van der Waals surface area contributed by atoms with Crippen LogP contribution in [0.15, 0.2) is 0 Å². The Morgan fingerprint density at radius 3 is 2.27 bits per heavy atom. The lowest BCUT2D eigenvalue weighted by molar-refractivity contribution is 0.0121. The van der Waals surface area contributed by atoms with Gasteiger partial charge in [0, 0.05) is 13.1 Å². The average Bonchev–Trinajstić information content (AvgIpc) is 2.76. The number of hydrogen-bond acceptors (Lipinski definition) is 2. The number of hydrogen-bond donors (Lipinski definition) is 1. The Morgan fingerprint density at radius 2 is 1.60 bits per heavy atom. The van der Waals surface area contributed by atoms with Crippen LogP contribution < -0.4 is 0 Å². The number of likely N-dealkylation sites (tertiary alicyclic amines) is 1.